The molecule has 1 N–H and O–H groups in total. The third-order valence-corrected chi connectivity index (χ3v) is 2.92. The molecule has 2 nitrogen and oxygen atoms in total. The van der Waals surface area contributed by atoms with Gasteiger partial charge in [0, 0.05) is 19.6 Å². The summed E-state index contributed by atoms with van der Waals surface area (Å²) in [6.45, 7) is 3.26. The zero-order valence-corrected chi connectivity index (χ0v) is 10.1. The average Bonchev–Trinajstić information content (AvgIpc) is 2.38. The van der Waals surface area contributed by atoms with Gasteiger partial charge in [-0.2, -0.15) is 0 Å². The van der Waals surface area contributed by atoms with Crippen LogP contribution in [0, 0.1) is 0 Å². The lowest BCUT2D eigenvalue weighted by molar-refractivity contribution is 0.0893. The first-order valence-corrected chi connectivity index (χ1v) is 6.06. The molecule has 0 saturated carbocycles. The average molecular weight is 230 g/mol. The summed E-state index contributed by atoms with van der Waals surface area (Å²) in [6, 6.07) is 14.2. The molecule has 0 spiro atoms. The monoisotopic (exact) mass is 230 g/mol. The third-order valence-electron chi connectivity index (χ3n) is 2.92. The first kappa shape index (κ1) is 12.1. The second-order valence-electron chi connectivity index (χ2n) is 4.07. The van der Waals surface area contributed by atoms with Gasteiger partial charge in [-0.25, -0.2) is 0 Å². The smallest absolute Gasteiger partial charge is 0.0818 e. The molecule has 0 fully saturated rings. The fourth-order valence-electron chi connectivity index (χ4n) is 2.04. The Kier molecular flexibility index (Phi) is 4.13. The predicted octanol–water partition coefficient (Wildman–Crippen LogP) is 3.30. The standard InChI is InChI=1S/C15H18O2/c1-2-17-11-10-15(16)14-9-5-7-12-6-3-4-8-13(12)14/h3-9,15-16H,2,10-11H2,1H3. The van der Waals surface area contributed by atoms with Crippen LogP contribution in [0.2, 0.25) is 0 Å². The van der Waals surface area contributed by atoms with E-state index in [9.17, 15) is 5.11 Å². The number of rotatable bonds is 5. The predicted molar refractivity (Wildman–Crippen MR) is 70.0 cm³/mol. The molecule has 2 aromatic carbocycles. The number of fused-ring (bicyclic) bond motifs is 1. The van der Waals surface area contributed by atoms with Gasteiger partial charge in [-0.3, -0.25) is 0 Å². The van der Waals surface area contributed by atoms with Gasteiger partial charge in [0.05, 0.1) is 6.10 Å². The Morgan fingerprint density at radius 3 is 2.71 bits per heavy atom. The lowest BCUT2D eigenvalue weighted by Crippen LogP contribution is -2.03. The fraction of sp³-hybridized carbons (Fsp3) is 0.333. The summed E-state index contributed by atoms with van der Waals surface area (Å²) in [6.07, 6.45) is 0.189. The van der Waals surface area contributed by atoms with Crippen molar-refractivity contribution in [2.75, 3.05) is 13.2 Å². The van der Waals surface area contributed by atoms with E-state index in [-0.39, 0.29) is 0 Å². The maximum Gasteiger partial charge on any atom is 0.0818 e. The van der Waals surface area contributed by atoms with E-state index in [0.717, 1.165) is 10.9 Å². The minimum absolute atomic E-state index is 0.451. The summed E-state index contributed by atoms with van der Waals surface area (Å²) >= 11 is 0. The minimum Gasteiger partial charge on any atom is -0.388 e. The molecule has 0 aliphatic carbocycles. The molecule has 0 bridgehead atoms. The van der Waals surface area contributed by atoms with Crippen LogP contribution in [0.3, 0.4) is 0 Å². The van der Waals surface area contributed by atoms with Crippen molar-refractivity contribution in [3.63, 3.8) is 0 Å². The van der Waals surface area contributed by atoms with Gasteiger partial charge in [-0.15, -0.1) is 0 Å². The molecule has 2 aromatic rings. The van der Waals surface area contributed by atoms with Crippen LogP contribution in [0.15, 0.2) is 42.5 Å². The van der Waals surface area contributed by atoms with Crippen LogP contribution < -0.4 is 0 Å². The first-order valence-electron chi connectivity index (χ1n) is 6.06. The minimum atomic E-state index is -0.451. The van der Waals surface area contributed by atoms with Crippen molar-refractivity contribution in [1.82, 2.24) is 0 Å². The van der Waals surface area contributed by atoms with E-state index in [4.69, 9.17) is 4.74 Å². The Bertz CT molecular complexity index is 474. The van der Waals surface area contributed by atoms with Crippen molar-refractivity contribution >= 4 is 10.8 Å². The van der Waals surface area contributed by atoms with Crippen molar-refractivity contribution in [3.05, 3.63) is 48.0 Å². The Hall–Kier alpha value is -1.38. The third kappa shape index (κ3) is 2.84. The van der Waals surface area contributed by atoms with E-state index in [2.05, 4.69) is 18.2 Å². The van der Waals surface area contributed by atoms with Crippen LogP contribution >= 0.6 is 0 Å². The summed E-state index contributed by atoms with van der Waals surface area (Å²) in [7, 11) is 0. The lowest BCUT2D eigenvalue weighted by atomic mass is 9.99. The molecule has 0 aliphatic rings. The maximum atomic E-state index is 10.2. The van der Waals surface area contributed by atoms with Crippen LogP contribution in [0.25, 0.3) is 10.8 Å². The zero-order chi connectivity index (χ0) is 12.1. The first-order chi connectivity index (χ1) is 8.33. The van der Waals surface area contributed by atoms with Gasteiger partial charge in [0.1, 0.15) is 0 Å². The molecule has 0 aromatic heterocycles. The van der Waals surface area contributed by atoms with Crippen molar-refractivity contribution in [2.24, 2.45) is 0 Å². The Labute approximate surface area is 102 Å². The normalized spacial score (nSPS) is 12.8. The molecular formula is C15H18O2. The molecule has 2 rings (SSSR count). The van der Waals surface area contributed by atoms with Crippen molar-refractivity contribution in [1.29, 1.82) is 0 Å². The Morgan fingerprint density at radius 2 is 1.88 bits per heavy atom. The van der Waals surface area contributed by atoms with Crippen molar-refractivity contribution < 1.29 is 9.84 Å². The number of aliphatic hydroxyl groups excluding tert-OH is 1. The summed E-state index contributed by atoms with van der Waals surface area (Å²) in [5, 5.41) is 12.5. The van der Waals surface area contributed by atoms with E-state index < -0.39 is 6.10 Å². The molecule has 1 atom stereocenters. The maximum absolute atomic E-state index is 10.2. The quantitative estimate of drug-likeness (QED) is 0.799. The Morgan fingerprint density at radius 1 is 1.12 bits per heavy atom. The second-order valence-corrected chi connectivity index (χ2v) is 4.07. The van der Waals surface area contributed by atoms with E-state index in [1.165, 1.54) is 5.39 Å². The van der Waals surface area contributed by atoms with Gasteiger partial charge in [-0.05, 0) is 23.3 Å². The summed E-state index contributed by atoms with van der Waals surface area (Å²) in [5.41, 5.74) is 0.989. The summed E-state index contributed by atoms with van der Waals surface area (Å²) in [5.74, 6) is 0. The highest BCUT2D eigenvalue weighted by molar-refractivity contribution is 5.85. The zero-order valence-electron chi connectivity index (χ0n) is 10.1. The van der Waals surface area contributed by atoms with Gasteiger partial charge >= 0.3 is 0 Å². The molecule has 0 aliphatic heterocycles. The number of ether oxygens (including phenoxy) is 1. The van der Waals surface area contributed by atoms with Crippen LogP contribution in [0.4, 0.5) is 0 Å². The summed E-state index contributed by atoms with van der Waals surface area (Å²) < 4.78 is 5.28. The number of aliphatic hydroxyl groups is 1. The SMILES string of the molecule is CCOCCC(O)c1cccc2ccccc12. The van der Waals surface area contributed by atoms with E-state index in [0.29, 0.717) is 19.6 Å². The Balaban J connectivity index is 2.22. The molecule has 0 radical (unpaired) electrons. The van der Waals surface area contributed by atoms with Gasteiger partial charge in [-0.1, -0.05) is 42.5 Å². The number of benzene rings is 2. The van der Waals surface area contributed by atoms with Crippen LogP contribution in [-0.2, 0) is 4.74 Å². The highest BCUT2D eigenvalue weighted by Gasteiger charge is 2.10. The number of hydrogen-bond donors (Lipinski definition) is 1. The molecule has 2 heteroatoms. The van der Waals surface area contributed by atoms with Crippen molar-refractivity contribution in [3.8, 4) is 0 Å². The molecule has 90 valence electrons. The molecular weight excluding hydrogens is 212 g/mol. The van der Waals surface area contributed by atoms with E-state index in [1.54, 1.807) is 0 Å². The molecule has 1 unspecified atom stereocenters. The number of hydrogen-bond acceptors (Lipinski definition) is 2. The highest BCUT2D eigenvalue weighted by atomic mass is 16.5. The lowest BCUT2D eigenvalue weighted by Gasteiger charge is -2.13. The van der Waals surface area contributed by atoms with Gasteiger partial charge in [0.25, 0.3) is 0 Å². The molecule has 17 heavy (non-hydrogen) atoms. The van der Waals surface area contributed by atoms with Crippen LogP contribution in [-0.4, -0.2) is 18.3 Å². The second kappa shape index (κ2) is 5.80. The largest absolute Gasteiger partial charge is 0.388 e. The molecule has 0 heterocycles. The molecule has 0 amide bonds. The molecule has 0 saturated heterocycles. The summed E-state index contributed by atoms with van der Waals surface area (Å²) in [4.78, 5) is 0. The van der Waals surface area contributed by atoms with Gasteiger partial charge in [0.15, 0.2) is 0 Å². The van der Waals surface area contributed by atoms with Crippen LogP contribution in [0.5, 0.6) is 0 Å². The van der Waals surface area contributed by atoms with E-state index >= 15 is 0 Å². The highest BCUT2D eigenvalue weighted by Crippen LogP contribution is 2.25. The van der Waals surface area contributed by atoms with E-state index in [1.807, 2.05) is 31.2 Å². The van der Waals surface area contributed by atoms with Crippen molar-refractivity contribution in [2.45, 2.75) is 19.4 Å². The fourth-order valence-corrected chi connectivity index (χ4v) is 2.04. The topological polar surface area (TPSA) is 29.5 Å². The van der Waals surface area contributed by atoms with Gasteiger partial charge < -0.3 is 9.84 Å². The van der Waals surface area contributed by atoms with Gasteiger partial charge in [0.2, 0.25) is 0 Å². The van der Waals surface area contributed by atoms with Crippen LogP contribution in [0.1, 0.15) is 25.0 Å².